The van der Waals surface area contributed by atoms with E-state index in [-0.39, 0.29) is 18.4 Å². The summed E-state index contributed by atoms with van der Waals surface area (Å²) in [5.74, 6) is 0.395. The topological polar surface area (TPSA) is 88.0 Å². The van der Waals surface area contributed by atoms with Crippen LogP contribution in [0.15, 0.2) is 24.3 Å². The molecular formula is C16H23NO5. The van der Waals surface area contributed by atoms with Crippen LogP contribution < -0.4 is 10.1 Å². The van der Waals surface area contributed by atoms with Crippen LogP contribution in [0.5, 0.6) is 5.75 Å². The summed E-state index contributed by atoms with van der Waals surface area (Å²) in [5, 5.41) is 22.1. The Kier molecular flexibility index (Phi) is 6.18. The van der Waals surface area contributed by atoms with Crippen molar-refractivity contribution >= 4 is 5.91 Å². The lowest BCUT2D eigenvalue weighted by molar-refractivity contribution is -0.128. The molecule has 1 aromatic carbocycles. The van der Waals surface area contributed by atoms with Gasteiger partial charge in [0.05, 0.1) is 26.4 Å². The van der Waals surface area contributed by atoms with Crippen molar-refractivity contribution in [3.8, 4) is 5.75 Å². The first-order valence-corrected chi connectivity index (χ1v) is 7.44. The maximum atomic E-state index is 11.9. The Morgan fingerprint density at radius 1 is 1.36 bits per heavy atom. The summed E-state index contributed by atoms with van der Waals surface area (Å²) in [6.07, 6.45) is -0.818. The number of ether oxygens (including phenoxy) is 2. The maximum Gasteiger partial charge on any atom is 0.220 e. The quantitative estimate of drug-likeness (QED) is 0.694. The number of amides is 1. The van der Waals surface area contributed by atoms with E-state index in [4.69, 9.17) is 9.47 Å². The Balaban J connectivity index is 1.76. The van der Waals surface area contributed by atoms with Gasteiger partial charge >= 0.3 is 0 Å². The standard InChI is InChI=1S/C16H23NO5/c1-21-14-5-3-2-4-11(14)6-7-15(19)17-8-12-9-22-10-13(18)16(12)20/h2-5,12-13,16,18,20H,6-10H2,1H3,(H,17,19)/t12-,13-,16+/m1/s1. The van der Waals surface area contributed by atoms with Gasteiger partial charge in [0.25, 0.3) is 0 Å². The lowest BCUT2D eigenvalue weighted by atomic mass is 9.96. The van der Waals surface area contributed by atoms with E-state index in [9.17, 15) is 15.0 Å². The predicted octanol–water partition coefficient (Wildman–Crippen LogP) is 0.112. The van der Waals surface area contributed by atoms with Crippen LogP contribution in [0.25, 0.3) is 0 Å². The highest BCUT2D eigenvalue weighted by Gasteiger charge is 2.31. The lowest BCUT2D eigenvalue weighted by Gasteiger charge is -2.31. The molecular weight excluding hydrogens is 286 g/mol. The lowest BCUT2D eigenvalue weighted by Crippen LogP contribution is -2.48. The van der Waals surface area contributed by atoms with Crippen LogP contribution in [0.3, 0.4) is 0 Å². The molecule has 6 nitrogen and oxygen atoms in total. The van der Waals surface area contributed by atoms with Crippen LogP contribution in [0, 0.1) is 5.92 Å². The molecule has 2 rings (SSSR count). The third-order valence-electron chi connectivity index (χ3n) is 3.87. The van der Waals surface area contributed by atoms with Gasteiger partial charge < -0.3 is 25.0 Å². The number of benzene rings is 1. The molecule has 0 aromatic heterocycles. The molecule has 0 aliphatic carbocycles. The Morgan fingerprint density at radius 2 is 2.14 bits per heavy atom. The normalized spacial score (nSPS) is 24.8. The number of methoxy groups -OCH3 is 1. The summed E-state index contributed by atoms with van der Waals surface area (Å²) < 4.78 is 10.4. The molecule has 1 aliphatic rings. The molecule has 1 heterocycles. The molecule has 0 saturated carbocycles. The molecule has 1 saturated heterocycles. The summed E-state index contributed by atoms with van der Waals surface area (Å²) in [6, 6.07) is 7.59. The van der Waals surface area contributed by atoms with E-state index in [1.807, 2.05) is 24.3 Å². The third kappa shape index (κ3) is 4.43. The number of carbonyl (C=O) groups excluding carboxylic acids is 1. The van der Waals surface area contributed by atoms with Gasteiger partial charge in [-0.05, 0) is 18.1 Å². The molecule has 122 valence electrons. The van der Waals surface area contributed by atoms with E-state index >= 15 is 0 Å². The van der Waals surface area contributed by atoms with Gasteiger partial charge in [0, 0.05) is 18.9 Å². The molecule has 1 amide bonds. The maximum absolute atomic E-state index is 11.9. The summed E-state index contributed by atoms with van der Waals surface area (Å²) >= 11 is 0. The highest BCUT2D eigenvalue weighted by atomic mass is 16.5. The zero-order chi connectivity index (χ0) is 15.9. The average molecular weight is 309 g/mol. The van der Waals surface area contributed by atoms with E-state index in [0.29, 0.717) is 26.0 Å². The van der Waals surface area contributed by atoms with Crippen LogP contribution in [-0.4, -0.2) is 55.2 Å². The van der Waals surface area contributed by atoms with Crippen LogP contribution in [-0.2, 0) is 16.0 Å². The number of hydrogen-bond donors (Lipinski definition) is 3. The summed E-state index contributed by atoms with van der Waals surface area (Å²) in [5.41, 5.74) is 0.983. The first-order valence-electron chi connectivity index (χ1n) is 7.44. The second-order valence-electron chi connectivity index (χ2n) is 5.47. The zero-order valence-electron chi connectivity index (χ0n) is 12.7. The Morgan fingerprint density at radius 3 is 2.91 bits per heavy atom. The van der Waals surface area contributed by atoms with Gasteiger partial charge in [0.1, 0.15) is 11.9 Å². The van der Waals surface area contributed by atoms with Gasteiger partial charge in [-0.25, -0.2) is 0 Å². The summed E-state index contributed by atoms with van der Waals surface area (Å²) in [6.45, 7) is 0.771. The number of aryl methyl sites for hydroxylation is 1. The molecule has 6 heteroatoms. The monoisotopic (exact) mass is 309 g/mol. The Hall–Kier alpha value is -1.63. The summed E-state index contributed by atoms with van der Waals surface area (Å²) in [4.78, 5) is 11.9. The largest absolute Gasteiger partial charge is 0.496 e. The molecule has 0 spiro atoms. The molecule has 22 heavy (non-hydrogen) atoms. The van der Waals surface area contributed by atoms with Crippen molar-refractivity contribution in [3.63, 3.8) is 0 Å². The van der Waals surface area contributed by atoms with Gasteiger partial charge in [0.15, 0.2) is 0 Å². The SMILES string of the molecule is COc1ccccc1CCC(=O)NC[C@@H]1COC[C@@H](O)[C@H]1O. The van der Waals surface area contributed by atoms with Crippen molar-refractivity contribution in [2.75, 3.05) is 26.9 Å². The first-order chi connectivity index (χ1) is 10.6. The Labute approximate surface area is 130 Å². The second kappa shape index (κ2) is 8.12. The number of aliphatic hydroxyl groups excluding tert-OH is 2. The fraction of sp³-hybridized carbons (Fsp3) is 0.562. The number of nitrogens with one attached hydrogen (secondary N) is 1. The second-order valence-corrected chi connectivity index (χ2v) is 5.47. The molecule has 1 aliphatic heterocycles. The number of carbonyl (C=O) groups is 1. The molecule has 3 N–H and O–H groups in total. The number of rotatable bonds is 6. The van der Waals surface area contributed by atoms with Gasteiger partial charge in [-0.15, -0.1) is 0 Å². The smallest absolute Gasteiger partial charge is 0.220 e. The molecule has 0 bridgehead atoms. The highest BCUT2D eigenvalue weighted by molar-refractivity contribution is 5.76. The van der Waals surface area contributed by atoms with E-state index < -0.39 is 12.2 Å². The van der Waals surface area contributed by atoms with E-state index in [1.165, 1.54) is 0 Å². The fourth-order valence-corrected chi connectivity index (χ4v) is 2.52. The van der Waals surface area contributed by atoms with Gasteiger partial charge in [-0.2, -0.15) is 0 Å². The molecule has 1 fully saturated rings. The summed E-state index contributed by atoms with van der Waals surface area (Å²) in [7, 11) is 1.61. The van der Waals surface area contributed by atoms with E-state index in [1.54, 1.807) is 7.11 Å². The highest BCUT2D eigenvalue weighted by Crippen LogP contribution is 2.19. The minimum absolute atomic E-state index is 0.0989. The number of aliphatic hydroxyl groups is 2. The van der Waals surface area contributed by atoms with Gasteiger partial charge in [-0.1, -0.05) is 18.2 Å². The first kappa shape index (κ1) is 16.7. The minimum atomic E-state index is -0.885. The van der Waals surface area contributed by atoms with Crippen molar-refractivity contribution < 1.29 is 24.5 Å². The fourth-order valence-electron chi connectivity index (χ4n) is 2.52. The van der Waals surface area contributed by atoms with E-state index in [2.05, 4.69) is 5.32 Å². The van der Waals surface area contributed by atoms with Crippen LogP contribution in [0.4, 0.5) is 0 Å². The molecule has 0 unspecified atom stereocenters. The van der Waals surface area contributed by atoms with Crippen molar-refractivity contribution in [1.29, 1.82) is 0 Å². The van der Waals surface area contributed by atoms with Gasteiger partial charge in [-0.3, -0.25) is 4.79 Å². The average Bonchev–Trinajstić information content (AvgIpc) is 2.54. The van der Waals surface area contributed by atoms with Crippen molar-refractivity contribution in [2.24, 2.45) is 5.92 Å². The number of para-hydroxylation sites is 1. The minimum Gasteiger partial charge on any atom is -0.496 e. The molecule has 0 radical (unpaired) electrons. The predicted molar refractivity (Wildman–Crippen MR) is 80.6 cm³/mol. The van der Waals surface area contributed by atoms with Crippen molar-refractivity contribution in [1.82, 2.24) is 5.32 Å². The van der Waals surface area contributed by atoms with Crippen LogP contribution in [0.2, 0.25) is 0 Å². The zero-order valence-corrected chi connectivity index (χ0v) is 12.7. The van der Waals surface area contributed by atoms with Crippen LogP contribution >= 0.6 is 0 Å². The molecule has 3 atom stereocenters. The van der Waals surface area contributed by atoms with Crippen molar-refractivity contribution in [3.05, 3.63) is 29.8 Å². The third-order valence-corrected chi connectivity index (χ3v) is 3.87. The Bertz CT molecular complexity index is 493. The van der Waals surface area contributed by atoms with Crippen LogP contribution in [0.1, 0.15) is 12.0 Å². The van der Waals surface area contributed by atoms with Gasteiger partial charge in [0.2, 0.25) is 5.91 Å². The number of hydrogen-bond acceptors (Lipinski definition) is 5. The molecule has 1 aromatic rings. The van der Waals surface area contributed by atoms with Crippen molar-refractivity contribution in [2.45, 2.75) is 25.0 Å². The van der Waals surface area contributed by atoms with E-state index in [0.717, 1.165) is 11.3 Å².